The van der Waals surface area contributed by atoms with E-state index in [4.69, 9.17) is 9.47 Å². The van der Waals surface area contributed by atoms with E-state index in [1.165, 1.54) is 4.63 Å². The van der Waals surface area contributed by atoms with E-state index in [9.17, 15) is 0 Å². The van der Waals surface area contributed by atoms with Gasteiger partial charge in [0, 0.05) is 29.6 Å². The summed E-state index contributed by atoms with van der Waals surface area (Å²) in [5.74, 6) is 1.74. The Morgan fingerprint density at radius 3 is 2.81 bits per heavy atom. The molecule has 4 aromatic rings. The molecule has 8 nitrogen and oxygen atoms in total. The number of fused-ring (bicyclic) bond motifs is 1. The first-order valence-electron chi connectivity index (χ1n) is 7.90. The highest BCUT2D eigenvalue weighted by molar-refractivity contribution is 5.77. The zero-order valence-electron chi connectivity index (χ0n) is 14.2. The highest BCUT2D eigenvalue weighted by Gasteiger charge is 2.11. The summed E-state index contributed by atoms with van der Waals surface area (Å²) < 4.78 is 11.9. The maximum Gasteiger partial charge on any atom is 0.233 e. The fraction of sp³-hybridized carbons (Fsp3) is 0.111. The second-order valence-electron chi connectivity index (χ2n) is 5.43. The van der Waals surface area contributed by atoms with E-state index in [0.29, 0.717) is 11.8 Å². The van der Waals surface area contributed by atoms with Crippen LogP contribution < -0.4 is 14.8 Å². The fourth-order valence-corrected chi connectivity index (χ4v) is 2.57. The fourth-order valence-electron chi connectivity index (χ4n) is 2.57. The van der Waals surface area contributed by atoms with Crippen LogP contribution in [0.4, 0.5) is 11.6 Å². The summed E-state index contributed by atoms with van der Waals surface area (Å²) in [4.78, 5) is 8.86. The largest absolute Gasteiger partial charge is 0.497 e. The van der Waals surface area contributed by atoms with Crippen LogP contribution in [0.5, 0.6) is 11.6 Å². The standard InChI is InChI=1S/C18H16N6O2/c1-25-13-5-3-4-12(10-13)21-18-19-9-8-15(22-18)14-11-20-24-16(14)6-7-17(23-24)26-2/h3-11H,1-2H3,(H,19,21,22). The lowest BCUT2D eigenvalue weighted by Crippen LogP contribution is -1.99. The van der Waals surface area contributed by atoms with Gasteiger partial charge in [-0.25, -0.2) is 9.97 Å². The summed E-state index contributed by atoms with van der Waals surface area (Å²) in [6.45, 7) is 0. The maximum absolute atomic E-state index is 5.23. The quantitative estimate of drug-likeness (QED) is 0.593. The maximum atomic E-state index is 5.23. The van der Waals surface area contributed by atoms with Crippen LogP contribution in [-0.4, -0.2) is 39.0 Å². The number of nitrogens with zero attached hydrogens (tertiary/aromatic N) is 5. The molecule has 0 atom stereocenters. The van der Waals surface area contributed by atoms with Crippen molar-refractivity contribution in [2.45, 2.75) is 0 Å². The number of methoxy groups -OCH3 is 2. The van der Waals surface area contributed by atoms with Crippen molar-refractivity contribution in [3.05, 3.63) is 54.9 Å². The van der Waals surface area contributed by atoms with Crippen molar-refractivity contribution in [1.82, 2.24) is 24.8 Å². The average Bonchev–Trinajstić information content (AvgIpc) is 3.11. The third-order valence-corrected chi connectivity index (χ3v) is 3.83. The molecule has 0 aliphatic carbocycles. The number of rotatable bonds is 5. The van der Waals surface area contributed by atoms with E-state index in [0.717, 1.165) is 28.2 Å². The van der Waals surface area contributed by atoms with Gasteiger partial charge in [-0.3, -0.25) is 0 Å². The average molecular weight is 348 g/mol. The molecule has 1 aromatic carbocycles. The lowest BCUT2D eigenvalue weighted by molar-refractivity contribution is 0.387. The Bertz CT molecular complexity index is 1060. The monoisotopic (exact) mass is 348 g/mol. The first-order valence-corrected chi connectivity index (χ1v) is 7.90. The van der Waals surface area contributed by atoms with Crippen molar-refractivity contribution in [1.29, 1.82) is 0 Å². The number of anilines is 2. The van der Waals surface area contributed by atoms with E-state index >= 15 is 0 Å². The number of hydrogen-bond acceptors (Lipinski definition) is 7. The molecule has 0 spiro atoms. The molecule has 8 heteroatoms. The summed E-state index contributed by atoms with van der Waals surface area (Å²) in [7, 11) is 3.20. The SMILES string of the molecule is COc1cccc(Nc2nccc(-c3cnn4nc(OC)ccc34)n2)c1. The molecule has 0 saturated heterocycles. The molecule has 0 amide bonds. The second kappa shape index (κ2) is 6.67. The van der Waals surface area contributed by atoms with Crippen molar-refractivity contribution in [3.63, 3.8) is 0 Å². The van der Waals surface area contributed by atoms with Crippen LogP contribution in [0.25, 0.3) is 16.8 Å². The minimum Gasteiger partial charge on any atom is -0.497 e. The molecular weight excluding hydrogens is 332 g/mol. The van der Waals surface area contributed by atoms with Gasteiger partial charge in [-0.2, -0.15) is 5.10 Å². The highest BCUT2D eigenvalue weighted by Crippen LogP contribution is 2.25. The highest BCUT2D eigenvalue weighted by atomic mass is 16.5. The summed E-state index contributed by atoms with van der Waals surface area (Å²) in [5, 5.41) is 11.7. The lowest BCUT2D eigenvalue weighted by atomic mass is 10.2. The molecule has 26 heavy (non-hydrogen) atoms. The van der Waals surface area contributed by atoms with Gasteiger partial charge in [0.05, 0.1) is 31.6 Å². The second-order valence-corrected chi connectivity index (χ2v) is 5.43. The Morgan fingerprint density at radius 1 is 1.04 bits per heavy atom. The zero-order chi connectivity index (χ0) is 17.9. The molecule has 130 valence electrons. The van der Waals surface area contributed by atoms with E-state index in [1.54, 1.807) is 32.7 Å². The third kappa shape index (κ3) is 3.00. The Kier molecular flexibility index (Phi) is 4.06. The van der Waals surface area contributed by atoms with E-state index in [2.05, 4.69) is 25.5 Å². The van der Waals surface area contributed by atoms with E-state index in [-0.39, 0.29) is 0 Å². The van der Waals surface area contributed by atoms with Crippen molar-refractivity contribution in [3.8, 4) is 22.9 Å². The van der Waals surface area contributed by atoms with Crippen molar-refractivity contribution >= 4 is 17.2 Å². The van der Waals surface area contributed by atoms with Gasteiger partial charge in [0.15, 0.2) is 0 Å². The molecule has 3 aromatic heterocycles. The van der Waals surface area contributed by atoms with Crippen molar-refractivity contribution in [2.75, 3.05) is 19.5 Å². The van der Waals surface area contributed by atoms with Gasteiger partial charge in [0.1, 0.15) is 5.75 Å². The predicted octanol–water partition coefficient (Wildman–Crippen LogP) is 2.95. The molecule has 0 bridgehead atoms. The molecule has 0 radical (unpaired) electrons. The topological polar surface area (TPSA) is 86.5 Å². The molecule has 0 unspecified atom stereocenters. The normalized spacial score (nSPS) is 10.7. The third-order valence-electron chi connectivity index (χ3n) is 3.83. The molecule has 0 aliphatic heterocycles. The lowest BCUT2D eigenvalue weighted by Gasteiger charge is -2.07. The number of benzene rings is 1. The van der Waals surface area contributed by atoms with Crippen LogP contribution in [0.15, 0.2) is 54.9 Å². The number of ether oxygens (including phenoxy) is 2. The van der Waals surface area contributed by atoms with E-state index < -0.39 is 0 Å². The van der Waals surface area contributed by atoms with Gasteiger partial charge in [-0.15, -0.1) is 9.73 Å². The van der Waals surface area contributed by atoms with Crippen LogP contribution in [0.1, 0.15) is 0 Å². The summed E-state index contributed by atoms with van der Waals surface area (Å²) in [5.41, 5.74) is 3.27. The van der Waals surface area contributed by atoms with Crippen molar-refractivity contribution in [2.24, 2.45) is 0 Å². The van der Waals surface area contributed by atoms with E-state index in [1.807, 2.05) is 36.4 Å². The van der Waals surface area contributed by atoms with Crippen LogP contribution >= 0.6 is 0 Å². The molecule has 0 fully saturated rings. The molecular formula is C18H16N6O2. The summed E-state index contributed by atoms with van der Waals surface area (Å²) >= 11 is 0. The van der Waals surface area contributed by atoms with Crippen LogP contribution in [0.2, 0.25) is 0 Å². The van der Waals surface area contributed by atoms with Gasteiger partial charge in [0.2, 0.25) is 11.8 Å². The number of hydrogen-bond donors (Lipinski definition) is 1. The Balaban J connectivity index is 1.67. The minimum atomic E-state index is 0.483. The predicted molar refractivity (Wildman–Crippen MR) is 96.8 cm³/mol. The molecule has 0 aliphatic rings. The first kappa shape index (κ1) is 15.8. The molecule has 3 heterocycles. The van der Waals surface area contributed by atoms with Crippen LogP contribution in [0, 0.1) is 0 Å². The molecule has 1 N–H and O–H groups in total. The summed E-state index contributed by atoms with van der Waals surface area (Å²) in [6, 6.07) is 13.1. The number of aromatic nitrogens is 5. The molecule has 0 saturated carbocycles. The van der Waals surface area contributed by atoms with Crippen LogP contribution in [-0.2, 0) is 0 Å². The van der Waals surface area contributed by atoms with Gasteiger partial charge < -0.3 is 14.8 Å². The minimum absolute atomic E-state index is 0.483. The van der Waals surface area contributed by atoms with Crippen LogP contribution in [0.3, 0.4) is 0 Å². The van der Waals surface area contributed by atoms with Gasteiger partial charge in [-0.1, -0.05) is 6.07 Å². The smallest absolute Gasteiger partial charge is 0.233 e. The Labute approximate surface area is 149 Å². The van der Waals surface area contributed by atoms with Gasteiger partial charge >= 0.3 is 0 Å². The first-order chi connectivity index (χ1) is 12.8. The van der Waals surface area contributed by atoms with Crippen molar-refractivity contribution < 1.29 is 9.47 Å². The molecule has 4 rings (SSSR count). The zero-order valence-corrected chi connectivity index (χ0v) is 14.2. The van der Waals surface area contributed by atoms with Gasteiger partial charge in [-0.05, 0) is 24.3 Å². The summed E-state index contributed by atoms with van der Waals surface area (Å²) in [6.07, 6.45) is 3.42. The Hall–Kier alpha value is -3.68. The van der Waals surface area contributed by atoms with Gasteiger partial charge in [0.25, 0.3) is 0 Å². The Morgan fingerprint density at radius 2 is 1.96 bits per heavy atom. The number of nitrogens with one attached hydrogen (secondary N) is 1.